The third-order valence-electron chi connectivity index (χ3n) is 2.97. The van der Waals surface area contributed by atoms with Gasteiger partial charge in [0.2, 0.25) is 10.0 Å². The van der Waals surface area contributed by atoms with Crippen LogP contribution in [0.1, 0.15) is 11.3 Å². The Bertz CT molecular complexity index is 710. The molecule has 0 unspecified atom stereocenters. The van der Waals surface area contributed by atoms with Crippen LogP contribution in [0, 0.1) is 12.7 Å². The zero-order valence-electron chi connectivity index (χ0n) is 11.5. The number of aromatic nitrogens is 1. The number of aryl methyl sites for hydroxylation is 1. The molecule has 21 heavy (non-hydrogen) atoms. The van der Waals surface area contributed by atoms with Crippen molar-refractivity contribution < 1.29 is 12.8 Å². The Morgan fingerprint density at radius 1 is 1.33 bits per heavy atom. The van der Waals surface area contributed by atoms with Crippen molar-refractivity contribution in [3.63, 3.8) is 0 Å². The molecular formula is C14H16FN3O2S. The number of halogens is 1. The number of benzene rings is 1. The molecular weight excluding hydrogens is 293 g/mol. The summed E-state index contributed by atoms with van der Waals surface area (Å²) in [4.78, 5) is 4.06. The number of anilines is 1. The molecule has 0 saturated carbocycles. The molecule has 7 heteroatoms. The van der Waals surface area contributed by atoms with Crippen LogP contribution in [0.4, 0.5) is 10.1 Å². The lowest BCUT2D eigenvalue weighted by Gasteiger charge is -2.09. The first kappa shape index (κ1) is 15.4. The number of nitrogens with zero attached hydrogens (tertiary/aromatic N) is 1. The molecule has 1 aromatic heterocycles. The minimum absolute atomic E-state index is 0.0417. The molecule has 0 amide bonds. The highest BCUT2D eigenvalue weighted by Gasteiger charge is 2.16. The van der Waals surface area contributed by atoms with E-state index in [0.29, 0.717) is 6.42 Å². The van der Waals surface area contributed by atoms with E-state index < -0.39 is 15.8 Å². The van der Waals surface area contributed by atoms with Gasteiger partial charge in [-0.2, -0.15) is 0 Å². The topological polar surface area (TPSA) is 85.1 Å². The quantitative estimate of drug-likeness (QED) is 0.822. The van der Waals surface area contributed by atoms with Crippen molar-refractivity contribution in [3.8, 4) is 0 Å². The van der Waals surface area contributed by atoms with Gasteiger partial charge < -0.3 is 5.73 Å². The molecule has 0 aliphatic rings. The largest absolute Gasteiger partial charge is 0.396 e. The number of hydrogen-bond acceptors (Lipinski definition) is 4. The highest BCUT2D eigenvalue weighted by Crippen LogP contribution is 2.20. The number of nitrogen functional groups attached to an aromatic ring is 1. The van der Waals surface area contributed by atoms with Crippen molar-refractivity contribution in [2.75, 3.05) is 12.3 Å². The second kappa shape index (κ2) is 6.19. The van der Waals surface area contributed by atoms with E-state index in [2.05, 4.69) is 9.71 Å². The first-order valence-electron chi connectivity index (χ1n) is 6.35. The maximum absolute atomic E-state index is 13.4. The summed E-state index contributed by atoms with van der Waals surface area (Å²) < 4.78 is 40.1. The molecule has 5 nitrogen and oxygen atoms in total. The van der Waals surface area contributed by atoms with Gasteiger partial charge >= 0.3 is 0 Å². The minimum atomic E-state index is -3.72. The summed E-state index contributed by atoms with van der Waals surface area (Å²) in [6.45, 7) is 1.67. The van der Waals surface area contributed by atoms with Gasteiger partial charge in [0.05, 0.1) is 10.6 Å². The SMILES string of the molecule is Cc1cc(S(=O)(=O)NCCc2ccccn2)cc(N)c1F. The van der Waals surface area contributed by atoms with Crippen molar-refractivity contribution in [1.29, 1.82) is 0 Å². The smallest absolute Gasteiger partial charge is 0.240 e. The van der Waals surface area contributed by atoms with Crippen LogP contribution in [-0.4, -0.2) is 19.9 Å². The summed E-state index contributed by atoms with van der Waals surface area (Å²) in [7, 11) is -3.72. The van der Waals surface area contributed by atoms with Gasteiger partial charge in [0.15, 0.2) is 0 Å². The molecule has 1 aromatic carbocycles. The van der Waals surface area contributed by atoms with Crippen molar-refractivity contribution in [2.24, 2.45) is 0 Å². The number of nitrogens with two attached hydrogens (primary N) is 1. The van der Waals surface area contributed by atoms with Crippen LogP contribution in [0.25, 0.3) is 0 Å². The highest BCUT2D eigenvalue weighted by atomic mass is 32.2. The fourth-order valence-electron chi connectivity index (χ4n) is 1.86. The third-order valence-corrected chi connectivity index (χ3v) is 4.41. The summed E-state index contributed by atoms with van der Waals surface area (Å²) in [6, 6.07) is 7.81. The second-order valence-electron chi connectivity index (χ2n) is 4.61. The van der Waals surface area contributed by atoms with Crippen LogP contribution < -0.4 is 10.5 Å². The van der Waals surface area contributed by atoms with Gasteiger partial charge in [-0.3, -0.25) is 4.98 Å². The Morgan fingerprint density at radius 2 is 2.10 bits per heavy atom. The van der Waals surface area contributed by atoms with Gasteiger partial charge in [-0.1, -0.05) is 6.07 Å². The molecule has 0 fully saturated rings. The maximum atomic E-state index is 13.4. The normalized spacial score (nSPS) is 11.5. The molecule has 2 rings (SSSR count). The van der Waals surface area contributed by atoms with E-state index in [1.54, 1.807) is 12.3 Å². The van der Waals surface area contributed by atoms with Gasteiger partial charge in [0.1, 0.15) is 5.82 Å². The highest BCUT2D eigenvalue weighted by molar-refractivity contribution is 7.89. The van der Waals surface area contributed by atoms with E-state index in [0.717, 1.165) is 11.8 Å². The molecule has 3 N–H and O–H groups in total. The number of pyridine rings is 1. The summed E-state index contributed by atoms with van der Waals surface area (Å²) in [5, 5.41) is 0. The Morgan fingerprint density at radius 3 is 2.71 bits per heavy atom. The van der Waals surface area contributed by atoms with Crippen molar-refractivity contribution in [2.45, 2.75) is 18.2 Å². The summed E-state index contributed by atoms with van der Waals surface area (Å²) in [5.41, 5.74) is 6.26. The van der Waals surface area contributed by atoms with Gasteiger partial charge in [-0.25, -0.2) is 17.5 Å². The van der Waals surface area contributed by atoms with E-state index in [4.69, 9.17) is 5.73 Å². The average Bonchev–Trinajstić information content (AvgIpc) is 2.45. The zero-order valence-corrected chi connectivity index (χ0v) is 12.3. The lowest BCUT2D eigenvalue weighted by atomic mass is 10.2. The van der Waals surface area contributed by atoms with Crippen LogP contribution in [0.15, 0.2) is 41.4 Å². The van der Waals surface area contributed by atoms with Crippen molar-refractivity contribution in [3.05, 3.63) is 53.6 Å². The van der Waals surface area contributed by atoms with E-state index in [1.807, 2.05) is 12.1 Å². The molecule has 1 heterocycles. The zero-order chi connectivity index (χ0) is 15.5. The first-order valence-corrected chi connectivity index (χ1v) is 7.83. The van der Waals surface area contributed by atoms with Crippen LogP contribution in [0.5, 0.6) is 0 Å². The van der Waals surface area contributed by atoms with Gasteiger partial charge in [0.25, 0.3) is 0 Å². The van der Waals surface area contributed by atoms with Crippen molar-refractivity contribution >= 4 is 15.7 Å². The Labute approximate surface area is 123 Å². The van der Waals surface area contributed by atoms with Crippen LogP contribution in [-0.2, 0) is 16.4 Å². The lowest BCUT2D eigenvalue weighted by molar-refractivity contribution is 0.580. The minimum Gasteiger partial charge on any atom is -0.396 e. The Hall–Kier alpha value is -1.99. The molecule has 0 aliphatic carbocycles. The predicted octanol–water partition coefficient (Wildman–Crippen LogP) is 1.63. The summed E-state index contributed by atoms with van der Waals surface area (Å²) >= 11 is 0. The van der Waals surface area contributed by atoms with E-state index >= 15 is 0 Å². The molecule has 0 atom stereocenters. The number of nitrogens with one attached hydrogen (secondary N) is 1. The average molecular weight is 309 g/mol. The Balaban J connectivity index is 2.09. The summed E-state index contributed by atoms with van der Waals surface area (Å²) in [5.74, 6) is -0.595. The van der Waals surface area contributed by atoms with E-state index in [-0.39, 0.29) is 22.7 Å². The Kier molecular flexibility index (Phi) is 4.54. The molecule has 112 valence electrons. The van der Waals surface area contributed by atoms with Crippen LogP contribution in [0.3, 0.4) is 0 Å². The fraction of sp³-hybridized carbons (Fsp3) is 0.214. The molecule has 0 aliphatic heterocycles. The molecule has 2 aromatic rings. The van der Waals surface area contributed by atoms with E-state index in [9.17, 15) is 12.8 Å². The number of sulfonamides is 1. The van der Waals surface area contributed by atoms with E-state index in [1.165, 1.54) is 13.0 Å². The molecule has 0 saturated heterocycles. The number of hydrogen-bond donors (Lipinski definition) is 2. The second-order valence-corrected chi connectivity index (χ2v) is 6.38. The molecule has 0 radical (unpaired) electrons. The molecule has 0 bridgehead atoms. The lowest BCUT2D eigenvalue weighted by Crippen LogP contribution is -2.26. The predicted molar refractivity (Wildman–Crippen MR) is 78.7 cm³/mol. The standard InChI is InChI=1S/C14H16FN3O2S/c1-10-8-12(9-13(16)14(10)15)21(19,20)18-7-5-11-4-2-3-6-17-11/h2-4,6,8-9,18H,5,7,16H2,1H3. The van der Waals surface area contributed by atoms with Gasteiger partial charge in [-0.05, 0) is 36.8 Å². The third kappa shape index (κ3) is 3.77. The van der Waals surface area contributed by atoms with Crippen molar-refractivity contribution in [1.82, 2.24) is 9.71 Å². The summed E-state index contributed by atoms with van der Waals surface area (Å²) in [6.07, 6.45) is 2.11. The van der Waals surface area contributed by atoms with Crippen LogP contribution >= 0.6 is 0 Å². The monoisotopic (exact) mass is 309 g/mol. The maximum Gasteiger partial charge on any atom is 0.240 e. The van der Waals surface area contributed by atoms with Crippen LogP contribution in [0.2, 0.25) is 0 Å². The number of rotatable bonds is 5. The fourth-order valence-corrected chi connectivity index (χ4v) is 3.01. The van der Waals surface area contributed by atoms with Gasteiger partial charge in [-0.15, -0.1) is 0 Å². The van der Waals surface area contributed by atoms with Gasteiger partial charge in [0, 0.05) is 24.9 Å². The molecule has 0 spiro atoms. The first-order chi connectivity index (χ1) is 9.90.